The second kappa shape index (κ2) is 4.87. The molecule has 5 nitrogen and oxygen atoms in total. The van der Waals surface area contributed by atoms with Crippen molar-refractivity contribution in [3.05, 3.63) is 40.8 Å². The minimum atomic E-state index is -0.427. The van der Waals surface area contributed by atoms with E-state index in [0.29, 0.717) is 5.82 Å². The lowest BCUT2D eigenvalue weighted by Gasteiger charge is -2.24. The van der Waals surface area contributed by atoms with E-state index in [9.17, 15) is 9.18 Å². The van der Waals surface area contributed by atoms with Crippen LogP contribution in [0, 0.1) is 12.7 Å². The Kier molecular flexibility index (Phi) is 3.16. The molecule has 0 radical (unpaired) electrons. The maximum Gasteiger partial charge on any atom is 0.226 e. The molecule has 110 valence electrons. The molecule has 1 aromatic heterocycles. The van der Waals surface area contributed by atoms with Gasteiger partial charge >= 0.3 is 0 Å². The number of ether oxygens (including phenoxy) is 1. The molecule has 2 aromatic rings. The summed E-state index contributed by atoms with van der Waals surface area (Å²) in [5, 5.41) is 7.17. The number of anilines is 1. The molecule has 21 heavy (non-hydrogen) atoms. The summed E-state index contributed by atoms with van der Waals surface area (Å²) in [4.78, 5) is 11.9. The van der Waals surface area contributed by atoms with Crippen LogP contribution in [0.2, 0.25) is 0 Å². The van der Waals surface area contributed by atoms with E-state index >= 15 is 0 Å². The van der Waals surface area contributed by atoms with Gasteiger partial charge in [0.1, 0.15) is 5.82 Å². The number of methoxy groups -OCH3 is 1. The van der Waals surface area contributed by atoms with Crippen LogP contribution < -0.4 is 10.1 Å². The molecule has 1 unspecified atom stereocenters. The zero-order valence-electron chi connectivity index (χ0n) is 12.1. The van der Waals surface area contributed by atoms with E-state index in [-0.39, 0.29) is 24.0 Å². The lowest BCUT2D eigenvalue weighted by Crippen LogP contribution is -2.24. The van der Waals surface area contributed by atoms with E-state index in [1.54, 1.807) is 23.9 Å². The summed E-state index contributed by atoms with van der Waals surface area (Å²) in [5.74, 6) is 0.172. The minimum absolute atomic E-state index is 0.0910. The van der Waals surface area contributed by atoms with Gasteiger partial charge in [-0.15, -0.1) is 0 Å². The van der Waals surface area contributed by atoms with E-state index in [1.807, 2.05) is 6.92 Å². The van der Waals surface area contributed by atoms with Gasteiger partial charge < -0.3 is 10.1 Å². The highest BCUT2D eigenvalue weighted by molar-refractivity contribution is 5.94. The fourth-order valence-corrected chi connectivity index (χ4v) is 2.89. The van der Waals surface area contributed by atoms with Crippen molar-refractivity contribution in [2.75, 3.05) is 12.4 Å². The Balaban J connectivity index is 2.11. The fourth-order valence-electron chi connectivity index (χ4n) is 2.89. The molecule has 0 fully saturated rings. The predicted octanol–water partition coefficient (Wildman–Crippen LogP) is 2.35. The molecule has 1 aliphatic heterocycles. The first-order valence-electron chi connectivity index (χ1n) is 6.68. The second-order valence-corrected chi connectivity index (χ2v) is 5.17. The van der Waals surface area contributed by atoms with Gasteiger partial charge in [0.25, 0.3) is 0 Å². The molecule has 1 aromatic carbocycles. The van der Waals surface area contributed by atoms with Gasteiger partial charge in [0.15, 0.2) is 11.6 Å². The summed E-state index contributed by atoms with van der Waals surface area (Å²) in [6.45, 7) is 1.89. The fraction of sp³-hybridized carbons (Fsp3) is 0.333. The zero-order valence-corrected chi connectivity index (χ0v) is 12.1. The third-order valence-corrected chi connectivity index (χ3v) is 3.84. The molecule has 0 saturated heterocycles. The molecular weight excluding hydrogens is 273 g/mol. The van der Waals surface area contributed by atoms with Crippen molar-refractivity contribution in [3.8, 4) is 5.75 Å². The van der Waals surface area contributed by atoms with Crippen molar-refractivity contribution in [3.63, 3.8) is 0 Å². The van der Waals surface area contributed by atoms with Crippen LogP contribution in [0.25, 0.3) is 0 Å². The normalized spacial score (nSPS) is 17.3. The van der Waals surface area contributed by atoms with Gasteiger partial charge in [-0.3, -0.25) is 9.48 Å². The highest BCUT2D eigenvalue weighted by Crippen LogP contribution is 2.39. The van der Waals surface area contributed by atoms with Crippen LogP contribution in [-0.4, -0.2) is 22.8 Å². The topological polar surface area (TPSA) is 56.1 Å². The number of rotatable bonds is 2. The first-order chi connectivity index (χ1) is 10.0. The van der Waals surface area contributed by atoms with Crippen molar-refractivity contribution in [1.82, 2.24) is 9.78 Å². The highest BCUT2D eigenvalue weighted by Gasteiger charge is 2.31. The number of aromatic nitrogens is 2. The zero-order chi connectivity index (χ0) is 15.1. The van der Waals surface area contributed by atoms with Crippen molar-refractivity contribution in [2.45, 2.75) is 19.3 Å². The Morgan fingerprint density at radius 2 is 2.24 bits per heavy atom. The van der Waals surface area contributed by atoms with E-state index in [2.05, 4.69) is 10.4 Å². The van der Waals surface area contributed by atoms with Gasteiger partial charge in [0.2, 0.25) is 5.91 Å². The molecule has 3 rings (SSSR count). The Morgan fingerprint density at radius 1 is 1.48 bits per heavy atom. The number of hydrogen-bond acceptors (Lipinski definition) is 3. The van der Waals surface area contributed by atoms with Crippen molar-refractivity contribution < 1.29 is 13.9 Å². The molecule has 1 atom stereocenters. The smallest absolute Gasteiger partial charge is 0.226 e. The lowest BCUT2D eigenvalue weighted by atomic mass is 9.86. The van der Waals surface area contributed by atoms with Crippen LogP contribution in [0.5, 0.6) is 5.75 Å². The Hall–Kier alpha value is -2.37. The van der Waals surface area contributed by atoms with Crippen molar-refractivity contribution in [2.24, 2.45) is 7.05 Å². The van der Waals surface area contributed by atoms with E-state index in [1.165, 1.54) is 13.2 Å². The third-order valence-electron chi connectivity index (χ3n) is 3.84. The average molecular weight is 289 g/mol. The van der Waals surface area contributed by atoms with Gasteiger partial charge in [-0.1, -0.05) is 6.07 Å². The number of halogens is 1. The number of amides is 1. The summed E-state index contributed by atoms with van der Waals surface area (Å²) < 4.78 is 20.5. The van der Waals surface area contributed by atoms with E-state index in [0.717, 1.165) is 16.8 Å². The molecular formula is C15H16FN3O2. The number of carbonyl (C=O) groups excluding carboxylic acids is 1. The van der Waals surface area contributed by atoms with Crippen LogP contribution in [0.4, 0.5) is 10.2 Å². The average Bonchev–Trinajstić information content (AvgIpc) is 2.73. The molecule has 1 aliphatic rings. The van der Waals surface area contributed by atoms with Crippen LogP contribution in [0.1, 0.15) is 29.2 Å². The first-order valence-corrected chi connectivity index (χ1v) is 6.68. The van der Waals surface area contributed by atoms with Crippen molar-refractivity contribution in [1.29, 1.82) is 0 Å². The summed E-state index contributed by atoms with van der Waals surface area (Å²) in [6, 6.07) is 4.81. The summed E-state index contributed by atoms with van der Waals surface area (Å²) in [7, 11) is 3.21. The van der Waals surface area contributed by atoms with Crippen LogP contribution in [0.3, 0.4) is 0 Å². The quantitative estimate of drug-likeness (QED) is 0.923. The minimum Gasteiger partial charge on any atom is -0.494 e. The highest BCUT2D eigenvalue weighted by atomic mass is 19.1. The Bertz CT molecular complexity index is 724. The third kappa shape index (κ3) is 2.16. The number of benzene rings is 1. The molecule has 0 aliphatic carbocycles. The standard InChI is InChI=1S/C15H16FN3O2/c1-8-14-10(7-13(20)17-15(14)19(2)18-8)9-4-5-12(21-3)11(16)6-9/h4-6,10H,7H2,1-3H3,(H,17,20). The van der Waals surface area contributed by atoms with Crippen LogP contribution >= 0.6 is 0 Å². The van der Waals surface area contributed by atoms with Crippen LogP contribution in [0.15, 0.2) is 18.2 Å². The molecule has 0 saturated carbocycles. The molecule has 2 heterocycles. The van der Waals surface area contributed by atoms with Gasteiger partial charge in [-0.05, 0) is 24.6 Å². The number of fused-ring (bicyclic) bond motifs is 1. The number of nitrogens with one attached hydrogen (secondary N) is 1. The summed E-state index contributed by atoms with van der Waals surface area (Å²) >= 11 is 0. The molecule has 1 N–H and O–H groups in total. The van der Waals surface area contributed by atoms with Gasteiger partial charge in [0, 0.05) is 24.9 Å². The molecule has 0 spiro atoms. The largest absolute Gasteiger partial charge is 0.494 e. The predicted molar refractivity (Wildman–Crippen MR) is 76.0 cm³/mol. The molecule has 1 amide bonds. The van der Waals surface area contributed by atoms with Gasteiger partial charge in [0.05, 0.1) is 12.8 Å². The lowest BCUT2D eigenvalue weighted by molar-refractivity contribution is -0.116. The monoisotopic (exact) mass is 289 g/mol. The van der Waals surface area contributed by atoms with Crippen LogP contribution in [-0.2, 0) is 11.8 Å². The summed E-state index contributed by atoms with van der Waals surface area (Å²) in [5.41, 5.74) is 2.54. The maximum atomic E-state index is 13.9. The Labute approximate surface area is 121 Å². The second-order valence-electron chi connectivity index (χ2n) is 5.17. The molecule has 0 bridgehead atoms. The maximum absolute atomic E-state index is 13.9. The van der Waals surface area contributed by atoms with E-state index < -0.39 is 5.82 Å². The molecule has 6 heteroatoms. The number of nitrogens with zero attached hydrogens (tertiary/aromatic N) is 2. The van der Waals surface area contributed by atoms with Gasteiger partial charge in [-0.2, -0.15) is 5.10 Å². The summed E-state index contributed by atoms with van der Waals surface area (Å²) in [6.07, 6.45) is 0.283. The van der Waals surface area contributed by atoms with E-state index in [4.69, 9.17) is 4.74 Å². The number of hydrogen-bond donors (Lipinski definition) is 1. The Morgan fingerprint density at radius 3 is 2.90 bits per heavy atom. The first kappa shape index (κ1) is 13.6. The van der Waals surface area contributed by atoms with Crippen molar-refractivity contribution >= 4 is 11.7 Å². The SMILES string of the molecule is COc1ccc(C2CC(=O)Nc3c2c(C)nn3C)cc1F. The number of carbonyl (C=O) groups is 1. The van der Waals surface area contributed by atoms with Gasteiger partial charge in [-0.25, -0.2) is 4.39 Å². The number of aryl methyl sites for hydroxylation is 2.